The third-order valence-electron chi connectivity index (χ3n) is 6.93. The lowest BCUT2D eigenvalue weighted by Gasteiger charge is -2.17. The van der Waals surface area contributed by atoms with E-state index in [2.05, 4.69) is 38.1 Å². The van der Waals surface area contributed by atoms with Crippen LogP contribution in [0.3, 0.4) is 0 Å². The van der Waals surface area contributed by atoms with Crippen molar-refractivity contribution in [2.24, 2.45) is 0 Å². The Balaban J connectivity index is 1.17. The molecule has 2 heterocycles. The van der Waals surface area contributed by atoms with Crippen LogP contribution in [0.2, 0.25) is 0 Å². The molecule has 0 fully saturated rings. The molecular formula is C28H24N6O4. The van der Waals surface area contributed by atoms with Crippen LogP contribution in [0, 0.1) is 0 Å². The Morgan fingerprint density at radius 2 is 1.68 bits per heavy atom. The molecule has 1 atom stereocenters. The average molecular weight is 509 g/mol. The maximum Gasteiger partial charge on any atom is 0.407 e. The average Bonchev–Trinajstić information content (AvgIpc) is 3.65. The highest BCUT2D eigenvalue weighted by Gasteiger charge is 2.30. The van der Waals surface area contributed by atoms with Crippen LogP contribution in [0.25, 0.3) is 22.0 Å². The molecule has 0 aliphatic heterocycles. The summed E-state index contributed by atoms with van der Waals surface area (Å²) in [4.78, 5) is 24.9. The van der Waals surface area contributed by atoms with E-state index in [-0.39, 0.29) is 18.9 Å². The summed E-state index contributed by atoms with van der Waals surface area (Å²) < 4.78 is 7.51. The summed E-state index contributed by atoms with van der Waals surface area (Å²) in [6.45, 7) is 0.477. The van der Waals surface area contributed by atoms with E-state index in [4.69, 9.17) is 4.74 Å². The first-order valence-electron chi connectivity index (χ1n) is 12.2. The summed E-state index contributed by atoms with van der Waals surface area (Å²) in [6.07, 6.45) is 1.17. The molecule has 6 rings (SSSR count). The van der Waals surface area contributed by atoms with Gasteiger partial charge in [0.15, 0.2) is 5.82 Å². The zero-order valence-corrected chi connectivity index (χ0v) is 20.2. The number of alkyl carbamates (subject to hydrolysis) is 1. The first-order valence-corrected chi connectivity index (χ1v) is 12.2. The number of benzene rings is 3. The minimum Gasteiger partial charge on any atom is -0.480 e. The van der Waals surface area contributed by atoms with E-state index in [0.29, 0.717) is 12.4 Å². The van der Waals surface area contributed by atoms with Crippen LogP contribution in [0.15, 0.2) is 79.0 Å². The van der Waals surface area contributed by atoms with Crippen LogP contribution in [-0.4, -0.2) is 55.0 Å². The molecule has 0 unspecified atom stereocenters. The Morgan fingerprint density at radius 3 is 2.37 bits per heavy atom. The molecule has 1 aliphatic carbocycles. The van der Waals surface area contributed by atoms with E-state index in [1.165, 1.54) is 0 Å². The van der Waals surface area contributed by atoms with Gasteiger partial charge >= 0.3 is 12.1 Å². The number of carbonyl (C=O) groups is 2. The van der Waals surface area contributed by atoms with Gasteiger partial charge in [-0.3, -0.25) is 0 Å². The number of carbonyl (C=O) groups excluding carboxylic acids is 1. The number of aromatic nitrogens is 5. The highest BCUT2D eigenvalue weighted by atomic mass is 16.5. The van der Waals surface area contributed by atoms with Gasteiger partial charge in [-0.1, -0.05) is 71.9 Å². The molecule has 3 N–H and O–H groups in total. The van der Waals surface area contributed by atoms with Crippen molar-refractivity contribution in [1.29, 1.82) is 0 Å². The van der Waals surface area contributed by atoms with Gasteiger partial charge < -0.3 is 19.7 Å². The van der Waals surface area contributed by atoms with E-state index in [1.807, 2.05) is 71.4 Å². The predicted octanol–water partition coefficient (Wildman–Crippen LogP) is 3.74. The van der Waals surface area contributed by atoms with Gasteiger partial charge in [0.1, 0.15) is 12.6 Å². The van der Waals surface area contributed by atoms with Crippen molar-refractivity contribution >= 4 is 23.0 Å². The maximum atomic E-state index is 12.8. The maximum absolute atomic E-state index is 12.8. The summed E-state index contributed by atoms with van der Waals surface area (Å²) in [5.74, 6) is -0.753. The van der Waals surface area contributed by atoms with Gasteiger partial charge in [-0.2, -0.15) is 5.21 Å². The van der Waals surface area contributed by atoms with Gasteiger partial charge in [-0.15, -0.1) is 10.2 Å². The molecule has 190 valence electrons. The lowest BCUT2D eigenvalue weighted by atomic mass is 9.98. The zero-order valence-electron chi connectivity index (χ0n) is 20.2. The molecular weight excluding hydrogens is 484 g/mol. The number of hydrogen-bond acceptors (Lipinski definition) is 6. The Bertz CT molecular complexity index is 1580. The number of ether oxygens (including phenoxy) is 1. The van der Waals surface area contributed by atoms with E-state index in [0.717, 1.165) is 38.7 Å². The molecule has 0 radical (unpaired) electrons. The number of fused-ring (bicyclic) bond motifs is 4. The molecule has 38 heavy (non-hydrogen) atoms. The smallest absolute Gasteiger partial charge is 0.407 e. The molecule has 0 saturated carbocycles. The van der Waals surface area contributed by atoms with Crippen molar-refractivity contribution in [2.75, 3.05) is 6.61 Å². The molecule has 0 bridgehead atoms. The Morgan fingerprint density at radius 1 is 1.00 bits per heavy atom. The fourth-order valence-electron chi connectivity index (χ4n) is 5.22. The number of aliphatic carboxylic acids is 1. The number of H-pyrrole nitrogens is 1. The Kier molecular flexibility index (Phi) is 6.04. The normalized spacial score (nSPS) is 13.2. The number of rotatable bonds is 8. The monoisotopic (exact) mass is 508 g/mol. The lowest BCUT2D eigenvalue weighted by Crippen LogP contribution is -2.42. The molecule has 1 amide bonds. The quantitative estimate of drug-likeness (QED) is 0.291. The third kappa shape index (κ3) is 4.36. The second-order valence-corrected chi connectivity index (χ2v) is 9.19. The molecule has 0 spiro atoms. The van der Waals surface area contributed by atoms with E-state index in [1.54, 1.807) is 0 Å². The number of nitrogens with zero attached hydrogens (tertiary/aromatic N) is 4. The number of nitrogens with one attached hydrogen (secondary N) is 2. The number of para-hydroxylation sites is 1. The molecule has 3 aromatic carbocycles. The third-order valence-corrected chi connectivity index (χ3v) is 6.93. The van der Waals surface area contributed by atoms with Crippen molar-refractivity contribution in [1.82, 2.24) is 30.5 Å². The van der Waals surface area contributed by atoms with E-state index < -0.39 is 18.1 Å². The highest BCUT2D eigenvalue weighted by molar-refractivity contribution is 5.86. The number of tetrazole rings is 1. The topological polar surface area (TPSA) is 135 Å². The summed E-state index contributed by atoms with van der Waals surface area (Å²) in [5.41, 5.74) is 6.10. The Labute approximate surface area is 217 Å². The molecule has 0 saturated heterocycles. The van der Waals surface area contributed by atoms with Crippen molar-refractivity contribution in [3.05, 3.63) is 102 Å². The molecule has 10 heteroatoms. The van der Waals surface area contributed by atoms with E-state index in [9.17, 15) is 14.7 Å². The SMILES string of the molecule is O=C(N[C@@H](Cc1cn(Cc2nn[nH]n2)c2ccccc12)C(=O)O)OCC1c2ccccc2-c2ccccc21. The van der Waals surface area contributed by atoms with Crippen LogP contribution in [0.4, 0.5) is 4.79 Å². The first-order chi connectivity index (χ1) is 18.6. The Hall–Kier alpha value is -4.99. The molecule has 2 aromatic heterocycles. The van der Waals surface area contributed by atoms with Gasteiger partial charge in [0.25, 0.3) is 0 Å². The van der Waals surface area contributed by atoms with Crippen molar-refractivity contribution in [3.8, 4) is 11.1 Å². The first kappa shape index (κ1) is 23.4. The summed E-state index contributed by atoms with van der Waals surface area (Å²) in [5, 5.41) is 27.4. The molecule has 1 aliphatic rings. The predicted molar refractivity (Wildman–Crippen MR) is 139 cm³/mol. The minimum absolute atomic E-state index is 0.0826. The molecule has 10 nitrogen and oxygen atoms in total. The number of hydrogen-bond donors (Lipinski definition) is 3. The summed E-state index contributed by atoms with van der Waals surface area (Å²) >= 11 is 0. The summed E-state index contributed by atoms with van der Waals surface area (Å²) in [7, 11) is 0. The van der Waals surface area contributed by atoms with Gasteiger partial charge in [-0.05, 0) is 33.9 Å². The number of carboxylic acid groups (broad SMARTS) is 1. The van der Waals surface area contributed by atoms with Crippen molar-refractivity contribution < 1.29 is 19.4 Å². The van der Waals surface area contributed by atoms with Gasteiger partial charge in [-0.25, -0.2) is 9.59 Å². The highest BCUT2D eigenvalue weighted by Crippen LogP contribution is 2.44. The van der Waals surface area contributed by atoms with Crippen LogP contribution in [0.1, 0.15) is 28.4 Å². The lowest BCUT2D eigenvalue weighted by molar-refractivity contribution is -0.139. The molecule has 5 aromatic rings. The summed E-state index contributed by atoms with van der Waals surface area (Å²) in [6, 6.07) is 22.6. The van der Waals surface area contributed by atoms with Gasteiger partial charge in [0.05, 0.1) is 6.54 Å². The van der Waals surface area contributed by atoms with Crippen molar-refractivity contribution in [2.45, 2.75) is 24.9 Å². The van der Waals surface area contributed by atoms with E-state index >= 15 is 0 Å². The van der Waals surface area contributed by atoms with Crippen LogP contribution in [-0.2, 0) is 22.5 Å². The number of amides is 1. The number of carboxylic acids is 1. The van der Waals surface area contributed by atoms with Gasteiger partial charge in [0, 0.05) is 29.4 Å². The van der Waals surface area contributed by atoms with Crippen LogP contribution in [0.5, 0.6) is 0 Å². The largest absolute Gasteiger partial charge is 0.480 e. The van der Waals surface area contributed by atoms with Crippen LogP contribution >= 0.6 is 0 Å². The number of aromatic amines is 1. The zero-order chi connectivity index (χ0) is 26.1. The van der Waals surface area contributed by atoms with Gasteiger partial charge in [0.2, 0.25) is 0 Å². The van der Waals surface area contributed by atoms with Crippen LogP contribution < -0.4 is 5.32 Å². The fourth-order valence-corrected chi connectivity index (χ4v) is 5.22. The second kappa shape index (κ2) is 9.81. The van der Waals surface area contributed by atoms with Crippen molar-refractivity contribution in [3.63, 3.8) is 0 Å². The second-order valence-electron chi connectivity index (χ2n) is 9.19. The standard InChI is InChI=1S/C28H24N6O4/c35-27(36)24(13-17-14-34(15-26-30-32-33-31-26)25-12-6-5-7-18(17)25)29-28(37)38-16-23-21-10-3-1-8-19(21)20-9-2-4-11-22(20)23/h1-12,14,23-24H,13,15-16H2,(H,29,37)(H,35,36)(H,30,31,32,33)/t24-/m0/s1. The fraction of sp³-hybridized carbons (Fsp3) is 0.179. The minimum atomic E-state index is -1.17.